The van der Waals surface area contributed by atoms with E-state index in [1.54, 1.807) is 6.92 Å². The highest BCUT2D eigenvalue weighted by Crippen LogP contribution is 2.21. The van der Waals surface area contributed by atoms with E-state index in [9.17, 15) is 14.4 Å². The van der Waals surface area contributed by atoms with Crippen LogP contribution < -0.4 is 0 Å². The molecular weight excluding hydrogens is 260 g/mol. The maximum Gasteiger partial charge on any atom is 0.334 e. The van der Waals surface area contributed by atoms with Crippen molar-refractivity contribution in [2.75, 3.05) is 6.61 Å². The topological polar surface area (TPSA) is 69.7 Å². The first-order valence-corrected chi connectivity index (χ1v) is 7.09. The molecule has 1 aliphatic rings. The van der Waals surface area contributed by atoms with Crippen LogP contribution in [0.4, 0.5) is 0 Å². The smallest absolute Gasteiger partial charge is 0.334 e. The monoisotopic (exact) mass is 282 g/mol. The van der Waals surface area contributed by atoms with Crippen molar-refractivity contribution in [1.82, 2.24) is 0 Å². The number of ether oxygens (including phenoxy) is 2. The number of rotatable bonds is 7. The summed E-state index contributed by atoms with van der Waals surface area (Å²) in [6, 6.07) is 0. The maximum atomic E-state index is 11.7. The minimum atomic E-state index is -0.715. The molecule has 5 nitrogen and oxygen atoms in total. The molecule has 0 saturated heterocycles. The van der Waals surface area contributed by atoms with E-state index >= 15 is 0 Å². The van der Waals surface area contributed by atoms with Gasteiger partial charge in [0.1, 0.15) is 12.7 Å². The summed E-state index contributed by atoms with van der Waals surface area (Å²) in [6.07, 6.45) is 5.17. The Labute approximate surface area is 119 Å². The number of hydrogen-bond acceptors (Lipinski definition) is 5. The number of Topliss-reactive ketones (excluding diaryl/α,β-unsaturated/α-hetero) is 1. The van der Waals surface area contributed by atoms with Gasteiger partial charge in [-0.05, 0) is 25.7 Å². The highest BCUT2D eigenvalue weighted by atomic mass is 16.5. The maximum absolute atomic E-state index is 11.7. The van der Waals surface area contributed by atoms with Crippen LogP contribution in [0.25, 0.3) is 0 Å². The van der Waals surface area contributed by atoms with Gasteiger partial charge in [-0.3, -0.25) is 9.59 Å². The van der Waals surface area contributed by atoms with Crippen molar-refractivity contribution >= 4 is 17.7 Å². The van der Waals surface area contributed by atoms with E-state index in [1.807, 2.05) is 0 Å². The Hall–Kier alpha value is -1.65. The van der Waals surface area contributed by atoms with Gasteiger partial charge >= 0.3 is 11.9 Å². The molecule has 0 aromatic carbocycles. The van der Waals surface area contributed by atoms with E-state index in [-0.39, 0.29) is 30.5 Å². The van der Waals surface area contributed by atoms with Crippen molar-refractivity contribution in [3.8, 4) is 0 Å². The van der Waals surface area contributed by atoms with Crippen LogP contribution in [0.3, 0.4) is 0 Å². The van der Waals surface area contributed by atoms with Gasteiger partial charge in [0.2, 0.25) is 0 Å². The third kappa shape index (κ3) is 5.99. The second-order valence-corrected chi connectivity index (χ2v) is 5.00. The molecule has 0 unspecified atom stereocenters. The Morgan fingerprint density at radius 3 is 2.40 bits per heavy atom. The van der Waals surface area contributed by atoms with Gasteiger partial charge in [-0.2, -0.15) is 0 Å². The minimum absolute atomic E-state index is 0.0229. The van der Waals surface area contributed by atoms with Crippen LogP contribution in [0, 0.1) is 0 Å². The lowest BCUT2D eigenvalue weighted by molar-refractivity contribution is -0.152. The summed E-state index contributed by atoms with van der Waals surface area (Å²) in [4.78, 5) is 34.2. The summed E-state index contributed by atoms with van der Waals surface area (Å²) >= 11 is 0. The number of ketones is 1. The molecule has 1 rings (SSSR count). The van der Waals surface area contributed by atoms with Gasteiger partial charge in [-0.15, -0.1) is 0 Å². The first-order valence-electron chi connectivity index (χ1n) is 7.09. The van der Waals surface area contributed by atoms with Crippen LogP contribution >= 0.6 is 0 Å². The summed E-state index contributed by atoms with van der Waals surface area (Å²) in [6.45, 7) is 4.92. The third-order valence-electron chi connectivity index (χ3n) is 3.26. The molecule has 0 bridgehead atoms. The molecule has 20 heavy (non-hydrogen) atoms. The standard InChI is InChI=1S/C15H22O5/c1-3-12(16)10-19-15(18)11(2)9-14(17)20-13-7-5-4-6-8-13/h13H,2-10H2,1H3. The van der Waals surface area contributed by atoms with Crippen LogP contribution in [0.5, 0.6) is 0 Å². The summed E-state index contributed by atoms with van der Waals surface area (Å²) in [5, 5.41) is 0. The van der Waals surface area contributed by atoms with Gasteiger partial charge in [0.05, 0.1) is 6.42 Å². The number of esters is 2. The molecule has 0 N–H and O–H groups in total. The normalized spacial score (nSPS) is 15.4. The van der Waals surface area contributed by atoms with Gasteiger partial charge in [-0.1, -0.05) is 19.9 Å². The van der Waals surface area contributed by atoms with E-state index in [0.29, 0.717) is 6.42 Å². The van der Waals surface area contributed by atoms with Crippen LogP contribution in [-0.4, -0.2) is 30.4 Å². The average Bonchev–Trinajstić information content (AvgIpc) is 2.45. The molecule has 0 aromatic heterocycles. The van der Waals surface area contributed by atoms with Crippen molar-refractivity contribution in [2.24, 2.45) is 0 Å². The van der Waals surface area contributed by atoms with Gasteiger partial charge in [0.15, 0.2) is 5.78 Å². The molecular formula is C15H22O5. The van der Waals surface area contributed by atoms with Crippen LogP contribution in [0.15, 0.2) is 12.2 Å². The Balaban J connectivity index is 2.27. The van der Waals surface area contributed by atoms with E-state index in [0.717, 1.165) is 25.7 Å². The van der Waals surface area contributed by atoms with Crippen molar-refractivity contribution < 1.29 is 23.9 Å². The largest absolute Gasteiger partial charge is 0.462 e. The van der Waals surface area contributed by atoms with Crippen LogP contribution in [0.2, 0.25) is 0 Å². The van der Waals surface area contributed by atoms with Crippen molar-refractivity contribution in [3.05, 3.63) is 12.2 Å². The fourth-order valence-electron chi connectivity index (χ4n) is 2.01. The molecule has 112 valence electrons. The first kappa shape index (κ1) is 16.4. The molecule has 0 radical (unpaired) electrons. The summed E-state index contributed by atoms with van der Waals surface area (Å²) in [7, 11) is 0. The molecule has 0 spiro atoms. The SMILES string of the molecule is C=C(CC(=O)OC1CCCCC1)C(=O)OCC(=O)CC. The summed E-state index contributed by atoms with van der Waals surface area (Å²) in [5.41, 5.74) is 0.0229. The Morgan fingerprint density at radius 1 is 1.15 bits per heavy atom. The zero-order chi connectivity index (χ0) is 15.0. The van der Waals surface area contributed by atoms with Gasteiger partial charge in [0.25, 0.3) is 0 Å². The average molecular weight is 282 g/mol. The molecule has 0 aromatic rings. The second kappa shape index (κ2) is 8.51. The third-order valence-corrected chi connectivity index (χ3v) is 3.26. The Bertz CT molecular complexity index is 380. The lowest BCUT2D eigenvalue weighted by atomic mass is 9.98. The zero-order valence-electron chi connectivity index (χ0n) is 12.0. The Kier molecular flexibility index (Phi) is 6.98. The predicted octanol–water partition coefficient (Wildman–Crippen LogP) is 2.33. The van der Waals surface area contributed by atoms with Crippen molar-refractivity contribution in [2.45, 2.75) is 58.0 Å². The molecule has 0 heterocycles. The van der Waals surface area contributed by atoms with Crippen molar-refractivity contribution in [1.29, 1.82) is 0 Å². The van der Waals surface area contributed by atoms with Crippen LogP contribution in [-0.2, 0) is 23.9 Å². The molecule has 0 atom stereocenters. The van der Waals surface area contributed by atoms with Gasteiger partial charge in [-0.25, -0.2) is 4.79 Å². The first-order chi connectivity index (χ1) is 9.52. The number of carbonyl (C=O) groups excluding carboxylic acids is 3. The summed E-state index contributed by atoms with van der Waals surface area (Å²) < 4.78 is 10.0. The fraction of sp³-hybridized carbons (Fsp3) is 0.667. The number of carbonyl (C=O) groups is 3. The van der Waals surface area contributed by atoms with E-state index < -0.39 is 11.9 Å². The lowest BCUT2D eigenvalue weighted by Gasteiger charge is -2.21. The molecule has 1 saturated carbocycles. The van der Waals surface area contributed by atoms with E-state index in [4.69, 9.17) is 9.47 Å². The predicted molar refractivity (Wildman–Crippen MR) is 73.0 cm³/mol. The fourth-order valence-corrected chi connectivity index (χ4v) is 2.01. The zero-order valence-corrected chi connectivity index (χ0v) is 12.0. The second-order valence-electron chi connectivity index (χ2n) is 5.00. The quantitative estimate of drug-likeness (QED) is 0.529. The molecule has 1 fully saturated rings. The highest BCUT2D eigenvalue weighted by Gasteiger charge is 2.20. The molecule has 0 amide bonds. The van der Waals surface area contributed by atoms with E-state index in [2.05, 4.69) is 6.58 Å². The molecule has 5 heteroatoms. The lowest BCUT2D eigenvalue weighted by Crippen LogP contribution is -2.22. The van der Waals surface area contributed by atoms with Crippen molar-refractivity contribution in [3.63, 3.8) is 0 Å². The number of hydrogen-bond donors (Lipinski definition) is 0. The van der Waals surface area contributed by atoms with Gasteiger partial charge in [0, 0.05) is 12.0 Å². The van der Waals surface area contributed by atoms with E-state index in [1.165, 1.54) is 6.42 Å². The Morgan fingerprint density at radius 2 is 1.80 bits per heavy atom. The minimum Gasteiger partial charge on any atom is -0.462 e. The highest BCUT2D eigenvalue weighted by molar-refractivity contribution is 5.94. The molecule has 1 aliphatic carbocycles. The van der Waals surface area contributed by atoms with Crippen LogP contribution in [0.1, 0.15) is 51.9 Å². The summed E-state index contributed by atoms with van der Waals surface area (Å²) in [5.74, 6) is -1.34. The molecule has 0 aliphatic heterocycles. The van der Waals surface area contributed by atoms with Gasteiger partial charge < -0.3 is 9.47 Å².